The van der Waals surface area contributed by atoms with E-state index in [9.17, 15) is 0 Å². The van der Waals surface area contributed by atoms with Gasteiger partial charge in [0.2, 0.25) is 5.25 Å². The molecule has 0 aromatic carbocycles. The molecule has 0 N–H and O–H groups in total. The Balaban J connectivity index is 3.63. The zero-order valence-electron chi connectivity index (χ0n) is 9.32. The first-order valence-corrected chi connectivity index (χ1v) is 8.82. The molecule has 0 heterocycles. The van der Waals surface area contributed by atoms with Crippen LogP contribution in [0.3, 0.4) is 0 Å². The lowest BCUT2D eigenvalue weighted by Gasteiger charge is -2.24. The van der Waals surface area contributed by atoms with Gasteiger partial charge in [-0.2, -0.15) is 0 Å². The van der Waals surface area contributed by atoms with E-state index in [1.165, 1.54) is 0 Å². The average molecular weight is 225 g/mol. The van der Waals surface area contributed by atoms with Gasteiger partial charge in [0, 0.05) is 28.2 Å². The Morgan fingerprint density at radius 3 is 2.15 bits per heavy atom. The fraction of sp³-hybridized carbons (Fsp3) is 1.00. The molecule has 0 aliphatic heterocycles. The van der Waals surface area contributed by atoms with E-state index in [2.05, 4.69) is 19.6 Å². The summed E-state index contributed by atoms with van der Waals surface area (Å²) in [4.78, 5) is 0. The van der Waals surface area contributed by atoms with Crippen molar-refractivity contribution in [3.05, 3.63) is 0 Å². The zero-order chi connectivity index (χ0) is 10.5. The van der Waals surface area contributed by atoms with E-state index < -0.39 is 13.3 Å². The number of alkyl halides is 1. The van der Waals surface area contributed by atoms with Gasteiger partial charge in [-0.3, -0.25) is 0 Å². The summed E-state index contributed by atoms with van der Waals surface area (Å²) in [5.41, 5.74) is 0. The summed E-state index contributed by atoms with van der Waals surface area (Å²) in [6.45, 7) is 11.8. The molecule has 0 saturated carbocycles. The summed E-state index contributed by atoms with van der Waals surface area (Å²) >= 11 is 5.94. The summed E-state index contributed by atoms with van der Waals surface area (Å²) in [5.74, 6) is 0. The number of hydrogen-bond acceptors (Lipinski definition) is 2. The lowest BCUT2D eigenvalue weighted by Crippen LogP contribution is -2.29. The highest BCUT2D eigenvalue weighted by molar-refractivity contribution is 6.76. The molecular weight excluding hydrogens is 204 g/mol. The van der Waals surface area contributed by atoms with Crippen molar-refractivity contribution in [3.8, 4) is 0 Å². The van der Waals surface area contributed by atoms with Crippen LogP contribution in [0.15, 0.2) is 0 Å². The SMILES string of the molecule is CCOC(C)(Cl)OCC[Si](C)(C)C. The first kappa shape index (κ1) is 13.4. The van der Waals surface area contributed by atoms with Gasteiger partial charge in [-0.15, -0.1) is 0 Å². The number of halogens is 1. The second-order valence-electron chi connectivity index (χ2n) is 4.43. The van der Waals surface area contributed by atoms with E-state index in [4.69, 9.17) is 21.1 Å². The van der Waals surface area contributed by atoms with Crippen LogP contribution in [0.2, 0.25) is 25.7 Å². The molecule has 0 fully saturated rings. The minimum Gasteiger partial charge on any atom is -0.338 e. The van der Waals surface area contributed by atoms with Crippen LogP contribution in [0.25, 0.3) is 0 Å². The van der Waals surface area contributed by atoms with Gasteiger partial charge in [0.05, 0.1) is 0 Å². The lowest BCUT2D eigenvalue weighted by atomic mass is 10.7. The quantitative estimate of drug-likeness (QED) is 0.392. The lowest BCUT2D eigenvalue weighted by molar-refractivity contribution is -0.159. The standard InChI is InChI=1S/C9H21ClO2Si/c1-6-11-9(2,10)12-7-8-13(3,4)5/h6-8H2,1-5H3. The normalized spacial score (nSPS) is 17.1. The summed E-state index contributed by atoms with van der Waals surface area (Å²) < 4.78 is 10.6. The first-order chi connectivity index (χ1) is 5.77. The summed E-state index contributed by atoms with van der Waals surface area (Å²) in [5, 5.41) is -0.936. The molecule has 0 radical (unpaired) electrons. The van der Waals surface area contributed by atoms with E-state index in [1.54, 1.807) is 6.92 Å². The van der Waals surface area contributed by atoms with Crippen LogP contribution in [0.5, 0.6) is 0 Å². The van der Waals surface area contributed by atoms with Gasteiger partial charge < -0.3 is 9.47 Å². The van der Waals surface area contributed by atoms with E-state index >= 15 is 0 Å². The van der Waals surface area contributed by atoms with Crippen molar-refractivity contribution in [2.24, 2.45) is 0 Å². The number of hydrogen-bond donors (Lipinski definition) is 0. The number of ether oxygens (including phenoxy) is 2. The molecule has 13 heavy (non-hydrogen) atoms. The molecule has 4 heteroatoms. The fourth-order valence-electron chi connectivity index (χ4n) is 0.839. The molecule has 0 spiro atoms. The van der Waals surface area contributed by atoms with Gasteiger partial charge in [-0.05, 0) is 13.0 Å². The van der Waals surface area contributed by atoms with E-state index in [-0.39, 0.29) is 0 Å². The van der Waals surface area contributed by atoms with Crippen molar-refractivity contribution in [2.45, 2.75) is 44.8 Å². The van der Waals surface area contributed by atoms with Crippen molar-refractivity contribution in [1.29, 1.82) is 0 Å². The fourth-order valence-corrected chi connectivity index (χ4v) is 1.74. The van der Waals surface area contributed by atoms with Crippen LogP contribution in [-0.4, -0.2) is 26.5 Å². The Hall–Kier alpha value is 0.427. The second-order valence-corrected chi connectivity index (χ2v) is 10.7. The highest BCUT2D eigenvalue weighted by Crippen LogP contribution is 2.19. The Morgan fingerprint density at radius 1 is 1.23 bits per heavy atom. The van der Waals surface area contributed by atoms with Gasteiger partial charge in [0.15, 0.2) is 0 Å². The first-order valence-electron chi connectivity index (χ1n) is 4.74. The topological polar surface area (TPSA) is 18.5 Å². The molecule has 0 rings (SSSR count). The summed E-state index contributed by atoms with van der Waals surface area (Å²) in [7, 11) is -1.02. The Morgan fingerprint density at radius 2 is 1.77 bits per heavy atom. The third kappa shape index (κ3) is 8.75. The smallest absolute Gasteiger partial charge is 0.245 e. The van der Waals surface area contributed by atoms with Crippen molar-refractivity contribution in [3.63, 3.8) is 0 Å². The minimum absolute atomic E-state index is 0.576. The monoisotopic (exact) mass is 224 g/mol. The molecule has 0 saturated heterocycles. The van der Waals surface area contributed by atoms with Crippen molar-refractivity contribution >= 4 is 19.7 Å². The molecule has 0 aromatic rings. The van der Waals surface area contributed by atoms with E-state index in [0.29, 0.717) is 13.2 Å². The van der Waals surface area contributed by atoms with Crippen molar-refractivity contribution in [2.75, 3.05) is 13.2 Å². The molecule has 0 aromatic heterocycles. The summed E-state index contributed by atoms with van der Waals surface area (Å²) in [6, 6.07) is 1.11. The van der Waals surface area contributed by atoms with Crippen LogP contribution in [0.4, 0.5) is 0 Å². The zero-order valence-corrected chi connectivity index (χ0v) is 11.1. The maximum Gasteiger partial charge on any atom is 0.245 e. The molecule has 0 aliphatic carbocycles. The van der Waals surface area contributed by atoms with Crippen LogP contribution in [0, 0.1) is 0 Å². The van der Waals surface area contributed by atoms with Gasteiger partial charge >= 0.3 is 0 Å². The molecule has 0 amide bonds. The predicted octanol–water partition coefficient (Wildman–Crippen LogP) is 3.29. The van der Waals surface area contributed by atoms with Crippen LogP contribution < -0.4 is 0 Å². The Kier molecular flexibility index (Phi) is 5.52. The van der Waals surface area contributed by atoms with Gasteiger partial charge in [0.1, 0.15) is 0 Å². The largest absolute Gasteiger partial charge is 0.338 e. The van der Waals surface area contributed by atoms with Crippen LogP contribution in [0.1, 0.15) is 13.8 Å². The van der Waals surface area contributed by atoms with Crippen LogP contribution in [-0.2, 0) is 9.47 Å². The Bertz CT molecular complexity index is 143. The van der Waals surface area contributed by atoms with Crippen LogP contribution >= 0.6 is 11.6 Å². The van der Waals surface area contributed by atoms with Gasteiger partial charge in [-0.1, -0.05) is 31.2 Å². The molecule has 2 nitrogen and oxygen atoms in total. The number of rotatable bonds is 6. The summed E-state index contributed by atoms with van der Waals surface area (Å²) in [6.07, 6.45) is 0. The molecule has 0 aliphatic rings. The minimum atomic E-state index is -1.02. The molecule has 80 valence electrons. The molecule has 1 unspecified atom stereocenters. The maximum absolute atomic E-state index is 5.94. The predicted molar refractivity (Wildman–Crippen MR) is 60.0 cm³/mol. The van der Waals surface area contributed by atoms with Crippen molar-refractivity contribution in [1.82, 2.24) is 0 Å². The molecule has 1 atom stereocenters. The highest BCUT2D eigenvalue weighted by atomic mass is 35.5. The Labute approximate surface area is 87.6 Å². The van der Waals surface area contributed by atoms with Gasteiger partial charge in [0.25, 0.3) is 0 Å². The van der Waals surface area contributed by atoms with Crippen molar-refractivity contribution < 1.29 is 9.47 Å². The third-order valence-electron chi connectivity index (χ3n) is 1.61. The average Bonchev–Trinajstić information content (AvgIpc) is 1.82. The third-order valence-corrected chi connectivity index (χ3v) is 3.54. The second kappa shape index (κ2) is 5.34. The molecular formula is C9H21ClO2Si. The maximum atomic E-state index is 5.94. The van der Waals surface area contributed by atoms with E-state index in [0.717, 1.165) is 6.04 Å². The van der Waals surface area contributed by atoms with Gasteiger partial charge in [-0.25, -0.2) is 0 Å². The molecule has 0 bridgehead atoms. The highest BCUT2D eigenvalue weighted by Gasteiger charge is 2.22. The van der Waals surface area contributed by atoms with E-state index in [1.807, 2.05) is 6.92 Å².